The minimum atomic E-state index is 0.0964. The molecule has 2 rings (SSSR count). The molecule has 3 nitrogen and oxygen atoms in total. The summed E-state index contributed by atoms with van der Waals surface area (Å²) in [6.45, 7) is 5.54. The second-order valence-corrected chi connectivity index (χ2v) is 6.40. The van der Waals surface area contributed by atoms with Crippen LogP contribution in [0.25, 0.3) is 0 Å². The Labute approximate surface area is 128 Å². The number of carbonyl (C=O) groups excluding carboxylic acids is 1. The van der Waals surface area contributed by atoms with Crippen molar-refractivity contribution in [2.24, 2.45) is 5.92 Å². The molecule has 0 aromatic heterocycles. The standard InChI is InChI=1S/C18H28N2O/c1-14(2)16-10-6-7-11-17(16)19-13-18(21)20-12-15-8-4-3-5-9-15/h6-7,10-11,14-15,19H,3-5,8-9,12-13H2,1-2H3,(H,20,21). The summed E-state index contributed by atoms with van der Waals surface area (Å²) in [5, 5.41) is 6.34. The van der Waals surface area contributed by atoms with Crippen LogP contribution in [0.1, 0.15) is 57.4 Å². The molecule has 1 saturated carbocycles. The van der Waals surface area contributed by atoms with Gasteiger partial charge in [-0.05, 0) is 36.3 Å². The van der Waals surface area contributed by atoms with Gasteiger partial charge in [0.15, 0.2) is 0 Å². The molecule has 1 fully saturated rings. The highest BCUT2D eigenvalue weighted by Crippen LogP contribution is 2.24. The number of benzene rings is 1. The molecule has 3 heteroatoms. The predicted octanol–water partition coefficient (Wildman–Crippen LogP) is 3.92. The topological polar surface area (TPSA) is 41.1 Å². The van der Waals surface area contributed by atoms with Crippen LogP contribution in [0.5, 0.6) is 0 Å². The number of hydrogen-bond donors (Lipinski definition) is 2. The fraction of sp³-hybridized carbons (Fsp3) is 0.611. The Bertz CT molecular complexity index is 450. The molecule has 1 aliphatic rings. The van der Waals surface area contributed by atoms with Gasteiger partial charge < -0.3 is 10.6 Å². The van der Waals surface area contributed by atoms with E-state index in [2.05, 4.69) is 30.5 Å². The Morgan fingerprint density at radius 1 is 1.19 bits per heavy atom. The van der Waals surface area contributed by atoms with Gasteiger partial charge in [0.1, 0.15) is 0 Å². The average molecular weight is 288 g/mol. The number of rotatable bonds is 6. The van der Waals surface area contributed by atoms with Gasteiger partial charge in [0.2, 0.25) is 5.91 Å². The molecule has 1 aliphatic carbocycles. The predicted molar refractivity (Wildman–Crippen MR) is 88.6 cm³/mol. The van der Waals surface area contributed by atoms with Crippen LogP contribution in [0.15, 0.2) is 24.3 Å². The molecule has 0 heterocycles. The molecular weight excluding hydrogens is 260 g/mol. The molecule has 1 aromatic rings. The van der Waals surface area contributed by atoms with Crippen molar-refractivity contribution in [1.29, 1.82) is 0 Å². The summed E-state index contributed by atoms with van der Waals surface area (Å²) in [7, 11) is 0. The lowest BCUT2D eigenvalue weighted by molar-refractivity contribution is -0.119. The Morgan fingerprint density at radius 3 is 2.62 bits per heavy atom. The fourth-order valence-corrected chi connectivity index (χ4v) is 3.05. The van der Waals surface area contributed by atoms with Crippen molar-refractivity contribution in [3.63, 3.8) is 0 Å². The average Bonchev–Trinajstić information content (AvgIpc) is 2.52. The Hall–Kier alpha value is -1.51. The molecule has 0 radical (unpaired) electrons. The molecule has 1 amide bonds. The zero-order chi connectivity index (χ0) is 15.1. The third-order valence-corrected chi connectivity index (χ3v) is 4.33. The normalized spacial score (nSPS) is 16.0. The first-order chi connectivity index (χ1) is 10.2. The lowest BCUT2D eigenvalue weighted by Gasteiger charge is -2.22. The first kappa shape index (κ1) is 15.9. The minimum Gasteiger partial charge on any atom is -0.376 e. The van der Waals surface area contributed by atoms with E-state index in [-0.39, 0.29) is 5.91 Å². The zero-order valence-electron chi connectivity index (χ0n) is 13.3. The summed E-state index contributed by atoms with van der Waals surface area (Å²) < 4.78 is 0. The van der Waals surface area contributed by atoms with Crippen LogP contribution in [0, 0.1) is 5.92 Å². The molecule has 0 spiro atoms. The summed E-state index contributed by atoms with van der Waals surface area (Å²) in [6.07, 6.45) is 6.53. The molecule has 0 unspecified atom stereocenters. The van der Waals surface area contributed by atoms with Crippen LogP contribution in [0.2, 0.25) is 0 Å². The van der Waals surface area contributed by atoms with Crippen molar-refractivity contribution in [2.75, 3.05) is 18.4 Å². The maximum atomic E-state index is 12.0. The van der Waals surface area contributed by atoms with Gasteiger partial charge in [-0.25, -0.2) is 0 Å². The van der Waals surface area contributed by atoms with Crippen LogP contribution < -0.4 is 10.6 Å². The van der Waals surface area contributed by atoms with Crippen LogP contribution in [0.4, 0.5) is 5.69 Å². The number of para-hydroxylation sites is 1. The number of nitrogens with one attached hydrogen (secondary N) is 2. The van der Waals surface area contributed by atoms with E-state index in [9.17, 15) is 4.79 Å². The van der Waals surface area contributed by atoms with E-state index in [1.807, 2.05) is 18.2 Å². The molecule has 0 saturated heterocycles. The first-order valence-corrected chi connectivity index (χ1v) is 8.26. The number of anilines is 1. The van der Waals surface area contributed by atoms with Gasteiger partial charge in [-0.3, -0.25) is 4.79 Å². The van der Waals surface area contributed by atoms with Crippen LogP contribution in [-0.4, -0.2) is 19.0 Å². The van der Waals surface area contributed by atoms with E-state index in [1.165, 1.54) is 37.7 Å². The van der Waals surface area contributed by atoms with Crippen molar-refractivity contribution < 1.29 is 4.79 Å². The van der Waals surface area contributed by atoms with Crippen LogP contribution in [-0.2, 0) is 4.79 Å². The summed E-state index contributed by atoms with van der Waals surface area (Å²) in [4.78, 5) is 12.0. The van der Waals surface area contributed by atoms with E-state index in [0.29, 0.717) is 18.4 Å². The van der Waals surface area contributed by atoms with Crippen LogP contribution in [0.3, 0.4) is 0 Å². The molecule has 2 N–H and O–H groups in total. The molecule has 0 bridgehead atoms. The summed E-state index contributed by atoms with van der Waals surface area (Å²) >= 11 is 0. The quantitative estimate of drug-likeness (QED) is 0.833. The second kappa shape index (κ2) is 8.06. The molecule has 0 atom stereocenters. The molecular formula is C18H28N2O. The van der Waals surface area contributed by atoms with Gasteiger partial charge in [-0.1, -0.05) is 51.3 Å². The van der Waals surface area contributed by atoms with E-state index in [1.54, 1.807) is 0 Å². The summed E-state index contributed by atoms with van der Waals surface area (Å²) in [5.41, 5.74) is 2.33. The lowest BCUT2D eigenvalue weighted by atomic mass is 9.89. The van der Waals surface area contributed by atoms with Gasteiger partial charge in [0.05, 0.1) is 6.54 Å². The van der Waals surface area contributed by atoms with Crippen molar-refractivity contribution in [2.45, 2.75) is 51.9 Å². The zero-order valence-corrected chi connectivity index (χ0v) is 13.3. The number of hydrogen-bond acceptors (Lipinski definition) is 2. The van der Waals surface area contributed by atoms with E-state index in [0.717, 1.165) is 12.2 Å². The van der Waals surface area contributed by atoms with Crippen molar-refractivity contribution in [3.05, 3.63) is 29.8 Å². The molecule has 21 heavy (non-hydrogen) atoms. The third-order valence-electron chi connectivity index (χ3n) is 4.33. The van der Waals surface area contributed by atoms with Gasteiger partial charge >= 0.3 is 0 Å². The maximum absolute atomic E-state index is 12.0. The molecule has 116 valence electrons. The number of amides is 1. The highest BCUT2D eigenvalue weighted by molar-refractivity contribution is 5.81. The Morgan fingerprint density at radius 2 is 1.90 bits per heavy atom. The Balaban J connectivity index is 1.76. The summed E-state index contributed by atoms with van der Waals surface area (Å²) in [5.74, 6) is 1.24. The fourth-order valence-electron chi connectivity index (χ4n) is 3.05. The minimum absolute atomic E-state index is 0.0964. The SMILES string of the molecule is CC(C)c1ccccc1NCC(=O)NCC1CCCCC1. The monoisotopic (exact) mass is 288 g/mol. The van der Waals surface area contributed by atoms with Gasteiger partial charge in [0, 0.05) is 12.2 Å². The van der Waals surface area contributed by atoms with Gasteiger partial charge in [-0.15, -0.1) is 0 Å². The third kappa shape index (κ3) is 5.07. The van der Waals surface area contributed by atoms with E-state index in [4.69, 9.17) is 0 Å². The van der Waals surface area contributed by atoms with Crippen molar-refractivity contribution in [1.82, 2.24) is 5.32 Å². The van der Waals surface area contributed by atoms with E-state index < -0.39 is 0 Å². The van der Waals surface area contributed by atoms with Crippen LogP contribution >= 0.6 is 0 Å². The number of carbonyl (C=O) groups is 1. The molecule has 0 aliphatic heterocycles. The largest absolute Gasteiger partial charge is 0.376 e. The highest BCUT2D eigenvalue weighted by Gasteiger charge is 2.14. The lowest BCUT2D eigenvalue weighted by Crippen LogP contribution is -2.34. The molecule has 1 aromatic carbocycles. The smallest absolute Gasteiger partial charge is 0.239 e. The van der Waals surface area contributed by atoms with E-state index >= 15 is 0 Å². The first-order valence-electron chi connectivity index (χ1n) is 8.26. The summed E-state index contributed by atoms with van der Waals surface area (Å²) in [6, 6.07) is 8.22. The Kier molecular flexibility index (Phi) is 6.09. The maximum Gasteiger partial charge on any atom is 0.239 e. The highest BCUT2D eigenvalue weighted by atomic mass is 16.1. The second-order valence-electron chi connectivity index (χ2n) is 6.40. The van der Waals surface area contributed by atoms with Gasteiger partial charge in [0.25, 0.3) is 0 Å². The van der Waals surface area contributed by atoms with Crippen molar-refractivity contribution in [3.8, 4) is 0 Å². The van der Waals surface area contributed by atoms with Crippen molar-refractivity contribution >= 4 is 11.6 Å². The van der Waals surface area contributed by atoms with Gasteiger partial charge in [-0.2, -0.15) is 0 Å².